The molecule has 2 aromatic carbocycles. The van der Waals surface area contributed by atoms with Crippen molar-refractivity contribution in [3.8, 4) is 5.69 Å². The highest BCUT2D eigenvalue weighted by Crippen LogP contribution is 2.40. The fourth-order valence-corrected chi connectivity index (χ4v) is 5.43. The first kappa shape index (κ1) is 27.1. The van der Waals surface area contributed by atoms with Crippen molar-refractivity contribution < 1.29 is 14.3 Å². The van der Waals surface area contributed by atoms with Gasteiger partial charge in [0.1, 0.15) is 0 Å². The van der Waals surface area contributed by atoms with Gasteiger partial charge in [-0.25, -0.2) is 4.79 Å². The van der Waals surface area contributed by atoms with Crippen molar-refractivity contribution in [1.29, 1.82) is 0 Å². The van der Waals surface area contributed by atoms with Crippen LogP contribution < -0.4 is 10.6 Å². The Labute approximate surface area is 239 Å². The van der Waals surface area contributed by atoms with E-state index in [-0.39, 0.29) is 24.4 Å². The lowest BCUT2D eigenvalue weighted by Gasteiger charge is -2.29. The number of anilines is 1. The summed E-state index contributed by atoms with van der Waals surface area (Å²) < 4.78 is 7.03. The summed E-state index contributed by atoms with van der Waals surface area (Å²) in [4.78, 5) is 32.3. The molecule has 4 aromatic rings. The molecule has 1 fully saturated rings. The summed E-state index contributed by atoms with van der Waals surface area (Å²) in [6.07, 6.45) is 3.91. The highest BCUT2D eigenvalue weighted by atomic mass is 32.1. The zero-order valence-corrected chi connectivity index (χ0v) is 23.4. The molecule has 0 bridgehead atoms. The summed E-state index contributed by atoms with van der Waals surface area (Å²) in [5, 5.41) is 7.02. The van der Waals surface area contributed by atoms with E-state index in [9.17, 15) is 9.59 Å². The molecule has 204 valence electrons. The number of thiocarbonyl (C=S) groups is 1. The lowest BCUT2D eigenvalue weighted by Crippen LogP contribution is -2.33. The van der Waals surface area contributed by atoms with E-state index in [2.05, 4.69) is 15.6 Å². The fourth-order valence-electron chi connectivity index (χ4n) is 5.09. The molecule has 5 rings (SSSR count). The molecule has 2 N–H and O–H groups in total. The minimum Gasteiger partial charge on any atom is -0.465 e. The molecular weight excluding hydrogens is 522 g/mol. The molecule has 0 unspecified atom stereocenters. The largest absolute Gasteiger partial charge is 0.465 e. The summed E-state index contributed by atoms with van der Waals surface area (Å²) in [7, 11) is 1.37. The minimum atomic E-state index is -0.420. The Morgan fingerprint density at radius 2 is 1.85 bits per heavy atom. The zero-order valence-electron chi connectivity index (χ0n) is 22.6. The van der Waals surface area contributed by atoms with Crippen molar-refractivity contribution in [2.24, 2.45) is 0 Å². The van der Waals surface area contributed by atoms with Gasteiger partial charge in [0.15, 0.2) is 5.11 Å². The number of para-hydroxylation sites is 1. The van der Waals surface area contributed by atoms with E-state index in [1.807, 2.05) is 96.2 Å². The van der Waals surface area contributed by atoms with Gasteiger partial charge in [-0.3, -0.25) is 9.78 Å². The van der Waals surface area contributed by atoms with E-state index in [0.29, 0.717) is 22.9 Å². The SMILES string of the molecule is COC(=O)c1ccccc1-n1cccc1[C@H]1[C@H](c2ccccn2)NC(=S)N1CCC(=O)Nc1cc(C)ccc1C. The molecule has 3 heterocycles. The third kappa shape index (κ3) is 5.46. The Balaban J connectivity index is 1.48. The lowest BCUT2D eigenvalue weighted by atomic mass is 10.0. The van der Waals surface area contributed by atoms with Gasteiger partial charge in [0, 0.05) is 36.7 Å². The van der Waals surface area contributed by atoms with E-state index in [0.717, 1.165) is 28.2 Å². The molecule has 2 aromatic heterocycles. The van der Waals surface area contributed by atoms with Gasteiger partial charge in [0.05, 0.1) is 36.1 Å². The second-order valence-electron chi connectivity index (χ2n) is 9.75. The maximum atomic E-state index is 13.1. The monoisotopic (exact) mass is 553 g/mol. The van der Waals surface area contributed by atoms with Crippen molar-refractivity contribution in [3.05, 3.63) is 113 Å². The Kier molecular flexibility index (Phi) is 7.93. The van der Waals surface area contributed by atoms with Crippen LogP contribution in [0.25, 0.3) is 5.69 Å². The summed E-state index contributed by atoms with van der Waals surface area (Å²) in [6.45, 7) is 4.36. The molecule has 0 aliphatic carbocycles. The van der Waals surface area contributed by atoms with Gasteiger partial charge in [0.25, 0.3) is 0 Å². The number of esters is 1. The van der Waals surface area contributed by atoms with E-state index in [1.54, 1.807) is 12.3 Å². The number of nitrogens with one attached hydrogen (secondary N) is 2. The number of carbonyl (C=O) groups excluding carboxylic acids is 2. The average molecular weight is 554 g/mol. The normalized spacial score (nSPS) is 16.5. The van der Waals surface area contributed by atoms with Crippen LogP contribution in [-0.2, 0) is 9.53 Å². The highest BCUT2D eigenvalue weighted by molar-refractivity contribution is 7.80. The van der Waals surface area contributed by atoms with Gasteiger partial charge < -0.3 is 24.8 Å². The summed E-state index contributed by atoms with van der Waals surface area (Å²) in [5.41, 5.74) is 5.76. The maximum absolute atomic E-state index is 13.1. The van der Waals surface area contributed by atoms with Crippen LogP contribution in [0.3, 0.4) is 0 Å². The average Bonchev–Trinajstić information content (AvgIpc) is 3.58. The number of rotatable bonds is 8. The van der Waals surface area contributed by atoms with Crippen LogP contribution in [0.5, 0.6) is 0 Å². The van der Waals surface area contributed by atoms with Crippen molar-refractivity contribution in [2.45, 2.75) is 32.4 Å². The van der Waals surface area contributed by atoms with Crippen molar-refractivity contribution in [3.63, 3.8) is 0 Å². The van der Waals surface area contributed by atoms with Gasteiger partial charge in [0.2, 0.25) is 5.91 Å². The van der Waals surface area contributed by atoms with Crippen molar-refractivity contribution in [1.82, 2.24) is 19.8 Å². The summed E-state index contributed by atoms with van der Waals surface area (Å²) in [5.74, 6) is -0.514. The van der Waals surface area contributed by atoms with Gasteiger partial charge in [-0.15, -0.1) is 0 Å². The smallest absolute Gasteiger partial charge is 0.339 e. The minimum absolute atomic E-state index is 0.0945. The van der Waals surface area contributed by atoms with Gasteiger partial charge >= 0.3 is 5.97 Å². The number of hydrogen-bond donors (Lipinski definition) is 2. The van der Waals surface area contributed by atoms with Crippen molar-refractivity contribution in [2.75, 3.05) is 19.0 Å². The molecule has 0 saturated carbocycles. The van der Waals surface area contributed by atoms with E-state index in [1.165, 1.54) is 7.11 Å². The molecule has 0 spiro atoms. The maximum Gasteiger partial charge on any atom is 0.339 e. The number of methoxy groups -OCH3 is 1. The highest BCUT2D eigenvalue weighted by Gasteiger charge is 2.41. The molecule has 9 heteroatoms. The van der Waals surface area contributed by atoms with Crippen LogP contribution in [0.1, 0.15) is 51.4 Å². The summed E-state index contributed by atoms with van der Waals surface area (Å²) in [6, 6.07) is 22.5. The first-order chi connectivity index (χ1) is 19.4. The third-order valence-electron chi connectivity index (χ3n) is 7.10. The molecule has 1 amide bonds. The molecule has 0 radical (unpaired) electrons. The predicted octanol–water partition coefficient (Wildman–Crippen LogP) is 5.28. The van der Waals surface area contributed by atoms with Crippen LogP contribution in [0.2, 0.25) is 0 Å². The molecule has 1 saturated heterocycles. The first-order valence-electron chi connectivity index (χ1n) is 13.1. The molecule has 2 atom stereocenters. The van der Waals surface area contributed by atoms with Crippen LogP contribution in [0.15, 0.2) is 85.2 Å². The predicted molar refractivity (Wildman–Crippen MR) is 158 cm³/mol. The number of aryl methyl sites for hydroxylation is 2. The van der Waals surface area contributed by atoms with Crippen LogP contribution in [0, 0.1) is 13.8 Å². The molecule has 8 nitrogen and oxygen atoms in total. The molecule has 1 aliphatic heterocycles. The Morgan fingerprint density at radius 1 is 1.05 bits per heavy atom. The second-order valence-corrected chi connectivity index (χ2v) is 10.1. The number of pyridine rings is 1. The zero-order chi connectivity index (χ0) is 28.2. The van der Waals surface area contributed by atoms with Crippen molar-refractivity contribution >= 4 is 34.9 Å². The third-order valence-corrected chi connectivity index (χ3v) is 7.45. The Bertz CT molecular complexity index is 1550. The van der Waals surface area contributed by atoms with E-state index in [4.69, 9.17) is 17.0 Å². The number of ether oxygens (including phenoxy) is 1. The number of benzene rings is 2. The topological polar surface area (TPSA) is 88.5 Å². The van der Waals surface area contributed by atoms with Crippen LogP contribution in [-0.4, -0.2) is 45.1 Å². The first-order valence-corrected chi connectivity index (χ1v) is 13.5. The van der Waals surface area contributed by atoms with Crippen LogP contribution >= 0.6 is 12.2 Å². The number of aromatic nitrogens is 2. The molecular formula is C31H31N5O3S. The number of hydrogen-bond acceptors (Lipinski definition) is 5. The lowest BCUT2D eigenvalue weighted by molar-refractivity contribution is -0.116. The number of carbonyl (C=O) groups is 2. The van der Waals surface area contributed by atoms with Crippen LogP contribution in [0.4, 0.5) is 5.69 Å². The van der Waals surface area contributed by atoms with E-state index < -0.39 is 5.97 Å². The van der Waals surface area contributed by atoms with Gasteiger partial charge in [-0.1, -0.05) is 30.3 Å². The summed E-state index contributed by atoms with van der Waals surface area (Å²) >= 11 is 5.81. The fraction of sp³-hybridized carbons (Fsp3) is 0.226. The van der Waals surface area contributed by atoms with Gasteiger partial charge in [-0.2, -0.15) is 0 Å². The molecule has 1 aliphatic rings. The number of amides is 1. The second kappa shape index (κ2) is 11.7. The standard InChI is InChI=1S/C31H31N5O3S/c1-20-13-14-21(2)24(19-20)33-27(37)15-18-36-29(28(34-31(36)40)23-10-6-7-16-32-23)26-12-8-17-35(26)25-11-5-4-9-22(25)30(38)39-3/h4-14,16-17,19,28-29H,15,18H2,1-3H3,(H,33,37)(H,34,40)/t28-,29-/m0/s1. The Hall–Kier alpha value is -4.50. The Morgan fingerprint density at radius 3 is 2.62 bits per heavy atom. The van der Waals surface area contributed by atoms with Gasteiger partial charge in [-0.05, 0) is 79.7 Å². The number of nitrogens with zero attached hydrogens (tertiary/aromatic N) is 3. The molecule has 40 heavy (non-hydrogen) atoms. The van der Waals surface area contributed by atoms with E-state index >= 15 is 0 Å². The quantitative estimate of drug-likeness (QED) is 0.227.